The molecule has 0 fully saturated rings. The minimum absolute atomic E-state index is 0.0602. The van der Waals surface area contributed by atoms with Gasteiger partial charge in [-0.2, -0.15) is 5.10 Å². The van der Waals surface area contributed by atoms with Gasteiger partial charge in [-0.15, -0.1) is 0 Å². The van der Waals surface area contributed by atoms with Crippen LogP contribution in [-0.4, -0.2) is 20.6 Å². The Balaban J connectivity index is 2.98. The SMILES string of the molecule is O=C(O)c1ccn(P)n1. The molecular formula is C4H5N2O2P. The molecule has 0 saturated heterocycles. The summed E-state index contributed by atoms with van der Waals surface area (Å²) in [6.07, 6.45) is 1.55. The standard InChI is InChI=1S/C4H5N2O2P/c7-4(8)3-1-2-6(9)5-3/h1-2H,9H2,(H,7,8). The van der Waals surface area contributed by atoms with Gasteiger partial charge in [0, 0.05) is 6.20 Å². The molecule has 1 N–H and O–H groups in total. The molecule has 4 nitrogen and oxygen atoms in total. The topological polar surface area (TPSA) is 55.1 Å². The van der Waals surface area contributed by atoms with Crippen LogP contribution in [0.3, 0.4) is 0 Å². The Morgan fingerprint density at radius 2 is 2.56 bits per heavy atom. The third-order valence-corrected chi connectivity index (χ3v) is 1.12. The Labute approximate surface area is 53.7 Å². The zero-order valence-electron chi connectivity index (χ0n) is 4.48. The van der Waals surface area contributed by atoms with Gasteiger partial charge in [0.05, 0.1) is 0 Å². The van der Waals surface area contributed by atoms with Crippen LogP contribution in [0.4, 0.5) is 0 Å². The van der Waals surface area contributed by atoms with Crippen LogP contribution in [-0.2, 0) is 0 Å². The molecule has 5 heteroatoms. The van der Waals surface area contributed by atoms with Crippen LogP contribution in [0.1, 0.15) is 10.5 Å². The van der Waals surface area contributed by atoms with E-state index in [-0.39, 0.29) is 5.69 Å². The van der Waals surface area contributed by atoms with Gasteiger partial charge in [0.15, 0.2) is 5.69 Å². The average molecular weight is 144 g/mol. The van der Waals surface area contributed by atoms with Gasteiger partial charge in [-0.3, -0.25) is 4.45 Å². The van der Waals surface area contributed by atoms with Crippen molar-refractivity contribution in [3.8, 4) is 0 Å². The quantitative estimate of drug-likeness (QED) is 0.573. The van der Waals surface area contributed by atoms with E-state index in [2.05, 4.69) is 14.5 Å². The number of rotatable bonds is 1. The van der Waals surface area contributed by atoms with Crippen LogP contribution in [0.2, 0.25) is 0 Å². The van der Waals surface area contributed by atoms with Crippen molar-refractivity contribution in [3.05, 3.63) is 18.0 Å². The molecule has 0 spiro atoms. The summed E-state index contributed by atoms with van der Waals surface area (Å²) in [7, 11) is 2.24. The van der Waals surface area contributed by atoms with Crippen LogP contribution in [0.5, 0.6) is 0 Å². The number of hydrogen-bond acceptors (Lipinski definition) is 2. The lowest BCUT2D eigenvalue weighted by Gasteiger charge is -1.82. The summed E-state index contributed by atoms with van der Waals surface area (Å²) in [5.41, 5.74) is 0.0602. The van der Waals surface area contributed by atoms with Crippen molar-refractivity contribution in [2.75, 3.05) is 0 Å². The van der Waals surface area contributed by atoms with Gasteiger partial charge in [0.2, 0.25) is 0 Å². The molecule has 0 aliphatic carbocycles. The fourth-order valence-electron chi connectivity index (χ4n) is 0.452. The number of hydrogen-bond donors (Lipinski definition) is 1. The van der Waals surface area contributed by atoms with E-state index in [0.29, 0.717) is 0 Å². The Hall–Kier alpha value is -0.890. The summed E-state index contributed by atoms with van der Waals surface area (Å²) in [6, 6.07) is 1.43. The summed E-state index contributed by atoms with van der Waals surface area (Å²) in [6.45, 7) is 0. The molecule has 0 amide bonds. The molecule has 1 unspecified atom stereocenters. The summed E-state index contributed by atoms with van der Waals surface area (Å²) < 4.78 is 1.36. The molecular weight excluding hydrogens is 139 g/mol. The number of carboxylic acid groups (broad SMARTS) is 1. The van der Waals surface area contributed by atoms with Crippen LogP contribution >= 0.6 is 9.39 Å². The minimum Gasteiger partial charge on any atom is -0.476 e. The van der Waals surface area contributed by atoms with Crippen LogP contribution in [0, 0.1) is 0 Å². The molecule has 1 heterocycles. The number of nitrogens with zero attached hydrogens (tertiary/aromatic N) is 2. The largest absolute Gasteiger partial charge is 0.476 e. The molecule has 0 aliphatic rings. The minimum atomic E-state index is -1.00. The Morgan fingerprint density at radius 1 is 1.89 bits per heavy atom. The van der Waals surface area contributed by atoms with Gasteiger partial charge in [-0.1, -0.05) is 0 Å². The zero-order chi connectivity index (χ0) is 6.85. The lowest BCUT2D eigenvalue weighted by molar-refractivity contribution is 0.0690. The van der Waals surface area contributed by atoms with E-state index >= 15 is 0 Å². The second-order valence-electron chi connectivity index (χ2n) is 1.49. The highest BCUT2D eigenvalue weighted by atomic mass is 31.0. The van der Waals surface area contributed by atoms with Crippen molar-refractivity contribution in [1.82, 2.24) is 9.55 Å². The maximum atomic E-state index is 10.1. The van der Waals surface area contributed by atoms with Gasteiger partial charge in [-0.05, 0) is 15.5 Å². The average Bonchev–Trinajstić information content (AvgIpc) is 2.14. The molecule has 0 aromatic carbocycles. The molecule has 1 aromatic heterocycles. The maximum absolute atomic E-state index is 10.1. The van der Waals surface area contributed by atoms with E-state index in [4.69, 9.17) is 5.11 Å². The van der Waals surface area contributed by atoms with Crippen molar-refractivity contribution in [2.24, 2.45) is 0 Å². The highest BCUT2D eigenvalue weighted by Crippen LogP contribution is 1.96. The van der Waals surface area contributed by atoms with Crippen LogP contribution in [0.15, 0.2) is 12.3 Å². The lowest BCUT2D eigenvalue weighted by atomic mass is 10.5. The van der Waals surface area contributed by atoms with E-state index < -0.39 is 5.97 Å². The molecule has 0 aliphatic heterocycles. The van der Waals surface area contributed by atoms with Gasteiger partial charge in [-0.25, -0.2) is 4.79 Å². The van der Waals surface area contributed by atoms with Gasteiger partial charge in [0.25, 0.3) is 0 Å². The molecule has 0 radical (unpaired) electrons. The monoisotopic (exact) mass is 144 g/mol. The predicted molar refractivity (Wildman–Crippen MR) is 34.3 cm³/mol. The molecule has 1 rings (SSSR count). The second kappa shape index (κ2) is 2.15. The predicted octanol–water partition coefficient (Wildman–Crippen LogP) is 0.219. The Kier molecular flexibility index (Phi) is 1.49. The van der Waals surface area contributed by atoms with Crippen molar-refractivity contribution in [2.45, 2.75) is 0 Å². The first-order valence-corrected chi connectivity index (χ1v) is 2.76. The highest BCUT2D eigenvalue weighted by Gasteiger charge is 2.03. The van der Waals surface area contributed by atoms with Crippen molar-refractivity contribution >= 4 is 15.4 Å². The molecule has 1 atom stereocenters. The highest BCUT2D eigenvalue weighted by molar-refractivity contribution is 7.14. The Morgan fingerprint density at radius 3 is 2.78 bits per heavy atom. The number of carboxylic acids is 1. The van der Waals surface area contributed by atoms with E-state index in [1.165, 1.54) is 10.5 Å². The molecule has 0 bridgehead atoms. The number of carbonyl (C=O) groups is 1. The molecule has 9 heavy (non-hydrogen) atoms. The fraction of sp³-hybridized carbons (Fsp3) is 0. The summed E-state index contributed by atoms with van der Waals surface area (Å²) in [4.78, 5) is 10.1. The van der Waals surface area contributed by atoms with E-state index in [1.54, 1.807) is 6.20 Å². The smallest absolute Gasteiger partial charge is 0.356 e. The Bertz CT molecular complexity index is 232. The van der Waals surface area contributed by atoms with E-state index in [0.717, 1.165) is 0 Å². The van der Waals surface area contributed by atoms with Crippen molar-refractivity contribution in [1.29, 1.82) is 0 Å². The van der Waals surface area contributed by atoms with Crippen LogP contribution in [0.25, 0.3) is 0 Å². The molecule has 1 aromatic rings. The third-order valence-electron chi connectivity index (χ3n) is 0.827. The third kappa shape index (κ3) is 1.27. The van der Waals surface area contributed by atoms with Gasteiger partial charge < -0.3 is 5.11 Å². The summed E-state index contributed by atoms with van der Waals surface area (Å²) in [5.74, 6) is -1.00. The number of aromatic carboxylic acids is 1. The second-order valence-corrected chi connectivity index (χ2v) is 2.02. The van der Waals surface area contributed by atoms with E-state index in [9.17, 15) is 4.79 Å². The van der Waals surface area contributed by atoms with E-state index in [1.807, 2.05) is 0 Å². The summed E-state index contributed by atoms with van der Waals surface area (Å²) >= 11 is 0. The lowest BCUT2D eigenvalue weighted by Crippen LogP contribution is -1.96. The van der Waals surface area contributed by atoms with Crippen molar-refractivity contribution in [3.63, 3.8) is 0 Å². The first kappa shape index (κ1) is 6.23. The molecule has 0 saturated carbocycles. The maximum Gasteiger partial charge on any atom is 0.356 e. The van der Waals surface area contributed by atoms with Crippen LogP contribution < -0.4 is 0 Å². The molecule has 48 valence electrons. The summed E-state index contributed by atoms with van der Waals surface area (Å²) in [5, 5.41) is 11.9. The first-order chi connectivity index (χ1) is 4.20. The first-order valence-electron chi connectivity index (χ1n) is 2.24. The number of aromatic nitrogens is 2. The normalized spacial score (nSPS) is 9.44. The van der Waals surface area contributed by atoms with Crippen molar-refractivity contribution < 1.29 is 9.90 Å². The zero-order valence-corrected chi connectivity index (χ0v) is 5.64. The van der Waals surface area contributed by atoms with Gasteiger partial charge in [0.1, 0.15) is 0 Å². The fourth-order valence-corrected chi connectivity index (χ4v) is 0.663. The van der Waals surface area contributed by atoms with Gasteiger partial charge >= 0.3 is 5.97 Å².